The number of aliphatic hydroxyl groups excluding tert-OH is 2. The number of fused-ring (bicyclic) bond motifs is 1. The van der Waals surface area contributed by atoms with Gasteiger partial charge in [0, 0.05) is 22.3 Å². The number of hydrogen-bond acceptors (Lipinski definition) is 4. The van der Waals surface area contributed by atoms with Crippen LogP contribution in [-0.2, 0) is 0 Å². The topological polar surface area (TPSA) is 74.6 Å². The number of hydrogen-bond donors (Lipinski definition) is 2. The van der Waals surface area contributed by atoms with Gasteiger partial charge in [-0.05, 0) is 22.8 Å². The van der Waals surface area contributed by atoms with Gasteiger partial charge in [0.25, 0.3) is 0 Å². The summed E-state index contributed by atoms with van der Waals surface area (Å²) in [5, 5.41) is 22.8. The molecule has 4 heteroatoms. The molecular formula is C32H24O4. The third-order valence-corrected chi connectivity index (χ3v) is 6.48. The molecular weight excluding hydrogens is 448 g/mol. The van der Waals surface area contributed by atoms with Crippen LogP contribution in [0.3, 0.4) is 0 Å². The molecule has 0 aromatic heterocycles. The molecule has 1 aliphatic rings. The lowest BCUT2D eigenvalue weighted by Gasteiger charge is -2.18. The summed E-state index contributed by atoms with van der Waals surface area (Å²) >= 11 is 0. The predicted molar refractivity (Wildman–Crippen MR) is 141 cm³/mol. The van der Waals surface area contributed by atoms with E-state index in [0.717, 1.165) is 0 Å². The first-order valence-electron chi connectivity index (χ1n) is 11.7. The van der Waals surface area contributed by atoms with Crippen LogP contribution in [0.5, 0.6) is 0 Å². The van der Waals surface area contributed by atoms with Crippen molar-refractivity contribution in [2.75, 3.05) is 0 Å². The van der Waals surface area contributed by atoms with E-state index in [1.807, 2.05) is 24.3 Å². The third-order valence-electron chi connectivity index (χ3n) is 6.48. The summed E-state index contributed by atoms with van der Waals surface area (Å²) in [7, 11) is 0. The first kappa shape index (κ1) is 23.2. The largest absolute Gasteiger partial charge is 0.507 e. The Bertz CT molecular complexity index is 1480. The minimum Gasteiger partial charge on any atom is -0.507 e. The minimum atomic E-state index is -1.09. The fraction of sp³-hybridized carbons (Fsp3) is 0.0625. The number of ketones is 2. The van der Waals surface area contributed by atoms with E-state index in [0.29, 0.717) is 39.0 Å². The monoisotopic (exact) mass is 472 g/mol. The van der Waals surface area contributed by atoms with Gasteiger partial charge in [-0.15, -0.1) is 0 Å². The summed E-state index contributed by atoms with van der Waals surface area (Å²) < 4.78 is 0. The molecule has 4 nitrogen and oxygen atoms in total. The Morgan fingerprint density at radius 3 is 2.00 bits per heavy atom. The number of carbonyl (C=O) groups excluding carboxylic acids is 2. The number of Topliss-reactive ketones (excluding diaryl/α,β-unsaturated/α-hetero) is 1. The molecule has 0 bridgehead atoms. The zero-order valence-corrected chi connectivity index (χ0v) is 19.4. The molecule has 36 heavy (non-hydrogen) atoms. The molecule has 0 saturated carbocycles. The van der Waals surface area contributed by atoms with Crippen molar-refractivity contribution in [3.8, 4) is 0 Å². The van der Waals surface area contributed by atoms with Crippen molar-refractivity contribution in [2.24, 2.45) is 5.92 Å². The molecule has 0 amide bonds. The van der Waals surface area contributed by atoms with Gasteiger partial charge in [0.1, 0.15) is 5.76 Å². The van der Waals surface area contributed by atoms with Crippen molar-refractivity contribution in [3.63, 3.8) is 0 Å². The van der Waals surface area contributed by atoms with Crippen LogP contribution in [0, 0.1) is 5.92 Å². The second kappa shape index (κ2) is 9.98. The number of rotatable bonds is 6. The Hall–Kier alpha value is -4.54. The molecule has 0 spiro atoms. The van der Waals surface area contributed by atoms with Crippen LogP contribution in [-0.4, -0.2) is 21.8 Å². The van der Waals surface area contributed by atoms with Gasteiger partial charge in [-0.25, -0.2) is 0 Å². The number of aliphatic hydroxyl groups is 2. The van der Waals surface area contributed by atoms with Gasteiger partial charge in [-0.3, -0.25) is 9.59 Å². The Balaban J connectivity index is 1.61. The molecule has 5 rings (SSSR count). The van der Waals surface area contributed by atoms with E-state index < -0.39 is 12.0 Å². The maximum atomic E-state index is 13.6. The van der Waals surface area contributed by atoms with Gasteiger partial charge in [0.15, 0.2) is 11.6 Å². The van der Waals surface area contributed by atoms with Gasteiger partial charge in [0.2, 0.25) is 0 Å². The van der Waals surface area contributed by atoms with Crippen LogP contribution < -0.4 is 0 Å². The fourth-order valence-electron chi connectivity index (χ4n) is 4.70. The average molecular weight is 473 g/mol. The first-order valence-corrected chi connectivity index (χ1v) is 11.7. The van der Waals surface area contributed by atoms with E-state index in [1.165, 1.54) is 6.08 Å². The molecule has 2 atom stereocenters. The zero-order chi connectivity index (χ0) is 25.1. The van der Waals surface area contributed by atoms with Crippen LogP contribution in [0.1, 0.15) is 49.1 Å². The maximum Gasteiger partial charge on any atom is 0.185 e. The second-order valence-electron chi connectivity index (χ2n) is 8.65. The molecule has 0 saturated heterocycles. The average Bonchev–Trinajstić information content (AvgIpc) is 3.24. The van der Waals surface area contributed by atoms with E-state index in [9.17, 15) is 19.8 Å². The highest BCUT2D eigenvalue weighted by Gasteiger charge is 2.42. The number of carbonyl (C=O) groups is 2. The lowest BCUT2D eigenvalue weighted by atomic mass is 9.87. The molecule has 0 unspecified atom stereocenters. The summed E-state index contributed by atoms with van der Waals surface area (Å²) in [6.07, 6.45) is 2.04. The summed E-state index contributed by atoms with van der Waals surface area (Å²) in [5.41, 5.74) is 3.73. The van der Waals surface area contributed by atoms with Gasteiger partial charge >= 0.3 is 0 Å². The summed E-state index contributed by atoms with van der Waals surface area (Å²) in [4.78, 5) is 26.2. The predicted octanol–water partition coefficient (Wildman–Crippen LogP) is 6.56. The van der Waals surface area contributed by atoms with E-state index in [2.05, 4.69) is 0 Å². The standard InChI is InChI=1S/C32H24O4/c33-27(22-12-3-1-4-13-22)20-19-21-11-7-8-16-24(21)31(35)28-25-17-9-10-18-26(25)32(36)29(28)30(34)23-14-5-2-6-15-23/h1-20,29,32,35-36H/b20-19+,31-28-/t29-,32+/m0/s1. The number of benzene rings is 4. The van der Waals surface area contributed by atoms with E-state index >= 15 is 0 Å². The molecule has 4 aromatic rings. The van der Waals surface area contributed by atoms with Crippen molar-refractivity contribution in [2.45, 2.75) is 6.10 Å². The van der Waals surface area contributed by atoms with Crippen LogP contribution in [0.25, 0.3) is 17.4 Å². The maximum absolute atomic E-state index is 13.6. The molecule has 2 N–H and O–H groups in total. The minimum absolute atomic E-state index is 0.0966. The fourth-order valence-corrected chi connectivity index (χ4v) is 4.70. The van der Waals surface area contributed by atoms with Gasteiger partial charge in [-0.2, -0.15) is 0 Å². The van der Waals surface area contributed by atoms with Crippen molar-refractivity contribution in [1.82, 2.24) is 0 Å². The summed E-state index contributed by atoms with van der Waals surface area (Å²) in [5.74, 6) is -1.49. The van der Waals surface area contributed by atoms with E-state index in [-0.39, 0.29) is 17.3 Å². The SMILES string of the molecule is O=C(/C=C/c1ccccc1/C(O)=C1\c2ccccc2[C@@H](O)[C@@H]1C(=O)c1ccccc1)c1ccccc1. The quantitative estimate of drug-likeness (QED) is 0.189. The summed E-state index contributed by atoms with van der Waals surface area (Å²) in [6.45, 7) is 0. The zero-order valence-electron chi connectivity index (χ0n) is 19.4. The van der Waals surface area contributed by atoms with Crippen LogP contribution in [0.4, 0.5) is 0 Å². The third kappa shape index (κ3) is 4.30. The normalized spacial score (nSPS) is 18.1. The smallest absolute Gasteiger partial charge is 0.185 e. The molecule has 0 heterocycles. The number of allylic oxidation sites excluding steroid dienone is 1. The molecule has 176 valence electrons. The molecule has 0 radical (unpaired) electrons. The van der Waals surface area contributed by atoms with Crippen LogP contribution in [0.15, 0.2) is 115 Å². The molecule has 0 fully saturated rings. The van der Waals surface area contributed by atoms with Crippen LogP contribution >= 0.6 is 0 Å². The van der Waals surface area contributed by atoms with Crippen molar-refractivity contribution >= 4 is 29.0 Å². The Kier molecular flexibility index (Phi) is 6.44. The molecule has 1 aliphatic carbocycles. The van der Waals surface area contributed by atoms with Crippen molar-refractivity contribution in [1.29, 1.82) is 0 Å². The highest BCUT2D eigenvalue weighted by Crippen LogP contribution is 2.48. The second-order valence-corrected chi connectivity index (χ2v) is 8.65. The van der Waals surface area contributed by atoms with Gasteiger partial charge in [0.05, 0.1) is 12.0 Å². The van der Waals surface area contributed by atoms with Crippen molar-refractivity contribution in [3.05, 3.63) is 149 Å². The first-order chi connectivity index (χ1) is 17.6. The van der Waals surface area contributed by atoms with Gasteiger partial charge < -0.3 is 10.2 Å². The Morgan fingerprint density at radius 1 is 0.694 bits per heavy atom. The highest BCUT2D eigenvalue weighted by atomic mass is 16.3. The highest BCUT2D eigenvalue weighted by molar-refractivity contribution is 6.11. The van der Waals surface area contributed by atoms with Gasteiger partial charge in [-0.1, -0.05) is 115 Å². The molecule has 4 aromatic carbocycles. The van der Waals surface area contributed by atoms with E-state index in [1.54, 1.807) is 91.0 Å². The molecule has 0 aliphatic heterocycles. The lowest BCUT2D eigenvalue weighted by molar-refractivity contribution is 0.0798. The summed E-state index contributed by atoms with van der Waals surface area (Å²) in [6, 6.07) is 32.1. The van der Waals surface area contributed by atoms with Crippen molar-refractivity contribution < 1.29 is 19.8 Å². The van der Waals surface area contributed by atoms with Crippen LogP contribution in [0.2, 0.25) is 0 Å². The van der Waals surface area contributed by atoms with E-state index in [4.69, 9.17) is 0 Å². The Morgan fingerprint density at radius 2 is 1.28 bits per heavy atom. The Labute approximate surface area is 209 Å². The lowest BCUT2D eigenvalue weighted by Crippen LogP contribution is -2.19.